The topological polar surface area (TPSA) is 92.8 Å². The number of sulfonamides is 2. The minimum Gasteiger partial charge on any atom is -0.379 e. The van der Waals surface area contributed by atoms with Gasteiger partial charge in [-0.3, -0.25) is 4.72 Å². The quantitative estimate of drug-likeness (QED) is 0.727. The molecule has 152 valence electrons. The molecule has 0 atom stereocenters. The zero-order valence-corrected chi connectivity index (χ0v) is 17.4. The van der Waals surface area contributed by atoms with Crippen molar-refractivity contribution in [1.29, 1.82) is 0 Å². The third kappa shape index (κ3) is 4.42. The lowest BCUT2D eigenvalue weighted by Crippen LogP contribution is -2.40. The molecule has 3 rings (SSSR count). The molecule has 0 spiro atoms. The van der Waals surface area contributed by atoms with Crippen molar-refractivity contribution in [3.8, 4) is 0 Å². The predicted octanol–water partition coefficient (Wildman–Crippen LogP) is 2.95. The van der Waals surface area contributed by atoms with Crippen molar-refractivity contribution >= 4 is 48.9 Å². The average molecular weight is 469 g/mol. The predicted molar refractivity (Wildman–Crippen MR) is 103 cm³/mol. The van der Waals surface area contributed by atoms with Crippen LogP contribution in [0.1, 0.15) is 0 Å². The molecule has 0 bridgehead atoms. The number of morpholine rings is 1. The maximum atomic E-state index is 13.4. The Morgan fingerprint density at radius 3 is 2.32 bits per heavy atom. The third-order valence-corrected chi connectivity index (χ3v) is 8.00. The molecule has 0 radical (unpaired) electrons. The van der Waals surface area contributed by atoms with Crippen molar-refractivity contribution in [2.24, 2.45) is 0 Å². The van der Waals surface area contributed by atoms with Gasteiger partial charge >= 0.3 is 0 Å². The maximum Gasteiger partial charge on any atom is 0.262 e. The summed E-state index contributed by atoms with van der Waals surface area (Å²) in [5, 5.41) is -0.254. The van der Waals surface area contributed by atoms with Gasteiger partial charge in [0.25, 0.3) is 10.0 Å². The molecule has 2 aromatic rings. The van der Waals surface area contributed by atoms with Crippen molar-refractivity contribution in [1.82, 2.24) is 4.31 Å². The number of hydrogen-bond donors (Lipinski definition) is 1. The highest BCUT2D eigenvalue weighted by Crippen LogP contribution is 2.34. The summed E-state index contributed by atoms with van der Waals surface area (Å²) in [6.45, 7) is 0.768. The van der Waals surface area contributed by atoms with Crippen LogP contribution in [-0.2, 0) is 24.8 Å². The van der Waals surface area contributed by atoms with E-state index in [-0.39, 0.29) is 51.8 Å². The van der Waals surface area contributed by atoms with E-state index in [0.29, 0.717) is 0 Å². The van der Waals surface area contributed by atoms with Gasteiger partial charge in [-0.1, -0.05) is 29.3 Å². The van der Waals surface area contributed by atoms with E-state index in [1.807, 2.05) is 0 Å². The molecule has 0 aliphatic carbocycles. The molecule has 0 aromatic heterocycles. The summed E-state index contributed by atoms with van der Waals surface area (Å²) in [6, 6.07) is 6.55. The summed E-state index contributed by atoms with van der Waals surface area (Å²) in [7, 11) is -8.20. The van der Waals surface area contributed by atoms with Crippen LogP contribution in [0.3, 0.4) is 0 Å². The second kappa shape index (κ2) is 8.13. The summed E-state index contributed by atoms with van der Waals surface area (Å²) in [5.74, 6) is -0.735. The molecular formula is C16H15Cl2FN2O5S2. The van der Waals surface area contributed by atoms with Gasteiger partial charge in [-0.15, -0.1) is 0 Å². The van der Waals surface area contributed by atoms with Gasteiger partial charge in [-0.2, -0.15) is 4.31 Å². The highest BCUT2D eigenvalue weighted by molar-refractivity contribution is 7.92. The van der Waals surface area contributed by atoms with Crippen molar-refractivity contribution in [3.05, 3.63) is 52.3 Å². The van der Waals surface area contributed by atoms with Crippen molar-refractivity contribution in [2.75, 3.05) is 31.0 Å². The Morgan fingerprint density at radius 2 is 1.68 bits per heavy atom. The van der Waals surface area contributed by atoms with E-state index in [1.165, 1.54) is 16.4 Å². The second-order valence-corrected chi connectivity index (χ2v) is 10.2. The van der Waals surface area contributed by atoms with Gasteiger partial charge in [-0.25, -0.2) is 21.2 Å². The first-order valence-corrected chi connectivity index (χ1v) is 11.6. The number of rotatable bonds is 5. The first-order valence-electron chi connectivity index (χ1n) is 7.96. The molecule has 2 aromatic carbocycles. The van der Waals surface area contributed by atoms with E-state index in [1.54, 1.807) is 0 Å². The molecular weight excluding hydrogens is 454 g/mol. The molecule has 28 heavy (non-hydrogen) atoms. The molecule has 12 heteroatoms. The van der Waals surface area contributed by atoms with E-state index >= 15 is 0 Å². The molecule has 1 aliphatic rings. The molecule has 1 saturated heterocycles. The molecule has 0 saturated carbocycles. The van der Waals surface area contributed by atoms with Gasteiger partial charge in [-0.05, 0) is 30.3 Å². The van der Waals surface area contributed by atoms with Crippen LogP contribution in [0.15, 0.2) is 46.2 Å². The number of anilines is 1. The average Bonchev–Trinajstić information content (AvgIpc) is 2.64. The summed E-state index contributed by atoms with van der Waals surface area (Å²) in [4.78, 5) is -0.631. The minimum atomic E-state index is -4.20. The van der Waals surface area contributed by atoms with Gasteiger partial charge in [0.15, 0.2) is 0 Å². The first-order chi connectivity index (χ1) is 13.1. The van der Waals surface area contributed by atoms with Crippen LogP contribution in [-0.4, -0.2) is 47.4 Å². The fourth-order valence-electron chi connectivity index (χ4n) is 2.57. The van der Waals surface area contributed by atoms with E-state index < -0.39 is 25.9 Å². The molecule has 1 aliphatic heterocycles. The zero-order valence-electron chi connectivity index (χ0n) is 14.2. The highest BCUT2D eigenvalue weighted by atomic mass is 35.5. The summed E-state index contributed by atoms with van der Waals surface area (Å²) in [5.41, 5.74) is -0.192. The third-order valence-electron chi connectivity index (χ3n) is 3.96. The fraction of sp³-hybridized carbons (Fsp3) is 0.250. The SMILES string of the molecule is O=S(=O)(Nc1cc(S(=O)(=O)N2CCOCC2)c(Cl)cc1Cl)c1cccc(F)c1. The normalized spacial score (nSPS) is 16.1. The molecule has 7 nitrogen and oxygen atoms in total. The van der Waals surface area contributed by atoms with Crippen LogP contribution >= 0.6 is 23.2 Å². The molecule has 1 heterocycles. The number of hydrogen-bond acceptors (Lipinski definition) is 5. The van der Waals surface area contributed by atoms with Gasteiger partial charge in [0.05, 0.1) is 33.8 Å². The Kier molecular flexibility index (Phi) is 6.18. The lowest BCUT2D eigenvalue weighted by atomic mass is 10.3. The first kappa shape index (κ1) is 21.3. The Morgan fingerprint density at radius 1 is 1.00 bits per heavy atom. The van der Waals surface area contributed by atoms with Crippen LogP contribution in [0.2, 0.25) is 10.0 Å². The van der Waals surface area contributed by atoms with Gasteiger partial charge in [0.1, 0.15) is 10.7 Å². The summed E-state index contributed by atoms with van der Waals surface area (Å²) in [6.07, 6.45) is 0. The maximum absolute atomic E-state index is 13.4. The van der Waals surface area contributed by atoms with Crippen molar-refractivity contribution in [2.45, 2.75) is 9.79 Å². The molecule has 1 fully saturated rings. The minimum absolute atomic E-state index is 0.106. The molecule has 0 unspecified atom stereocenters. The van der Waals surface area contributed by atoms with Gasteiger partial charge < -0.3 is 4.74 Å². The smallest absolute Gasteiger partial charge is 0.262 e. The van der Waals surface area contributed by atoms with E-state index in [2.05, 4.69) is 4.72 Å². The Labute approximate surface area is 172 Å². The zero-order chi connectivity index (χ0) is 20.5. The van der Waals surface area contributed by atoms with Crippen LogP contribution in [0.5, 0.6) is 0 Å². The standard InChI is InChI=1S/C16H15Cl2FN2O5S2/c17-13-9-14(18)16(28(24,25)21-4-6-26-7-5-21)10-15(13)20-27(22,23)12-3-1-2-11(19)8-12/h1-3,8-10,20H,4-7H2. The van der Waals surface area contributed by atoms with Crippen LogP contribution < -0.4 is 4.72 Å². The van der Waals surface area contributed by atoms with E-state index in [9.17, 15) is 21.2 Å². The van der Waals surface area contributed by atoms with Crippen LogP contribution in [0, 0.1) is 5.82 Å². The lowest BCUT2D eigenvalue weighted by Gasteiger charge is -2.26. The number of halogens is 3. The Bertz CT molecular complexity index is 1100. The van der Waals surface area contributed by atoms with Gasteiger partial charge in [0, 0.05) is 13.1 Å². The molecule has 0 amide bonds. The van der Waals surface area contributed by atoms with E-state index in [0.717, 1.165) is 24.3 Å². The van der Waals surface area contributed by atoms with Crippen LogP contribution in [0.25, 0.3) is 0 Å². The van der Waals surface area contributed by atoms with Gasteiger partial charge in [0.2, 0.25) is 10.0 Å². The number of nitrogens with zero attached hydrogens (tertiary/aromatic N) is 1. The largest absolute Gasteiger partial charge is 0.379 e. The number of nitrogens with one attached hydrogen (secondary N) is 1. The Hall–Kier alpha value is -1.43. The van der Waals surface area contributed by atoms with Crippen molar-refractivity contribution in [3.63, 3.8) is 0 Å². The fourth-order valence-corrected chi connectivity index (χ4v) is 5.93. The highest BCUT2D eigenvalue weighted by Gasteiger charge is 2.30. The monoisotopic (exact) mass is 468 g/mol. The van der Waals surface area contributed by atoms with E-state index in [4.69, 9.17) is 27.9 Å². The number of benzene rings is 2. The lowest BCUT2D eigenvalue weighted by molar-refractivity contribution is 0.0730. The van der Waals surface area contributed by atoms with Crippen molar-refractivity contribution < 1.29 is 26.0 Å². The Balaban J connectivity index is 2.00. The number of ether oxygens (including phenoxy) is 1. The summed E-state index contributed by atoms with van der Waals surface area (Å²) >= 11 is 12.1. The summed E-state index contributed by atoms with van der Waals surface area (Å²) < 4.78 is 72.6. The second-order valence-electron chi connectivity index (χ2n) is 5.84. The molecule has 1 N–H and O–H groups in total. The van der Waals surface area contributed by atoms with Crippen LogP contribution in [0.4, 0.5) is 10.1 Å².